The second kappa shape index (κ2) is 2.81. The van der Waals surface area contributed by atoms with E-state index in [1.165, 1.54) is 5.92 Å². The minimum atomic E-state index is 0.881. The Kier molecular flexibility index (Phi) is 1.70. The van der Waals surface area contributed by atoms with Gasteiger partial charge in [-0.2, -0.15) is 0 Å². The summed E-state index contributed by atoms with van der Waals surface area (Å²) < 4.78 is 0. The fourth-order valence-electron chi connectivity index (χ4n) is 6.63. The standard InChI is InChI=1S/C15H24/c1-2-8-14-10-7-13-5-3-9-15(13,14)11-6-12(14)4-1/h12-13H,1-11H2. The SMILES string of the molecule is C1CCC23CCC4CCCC42CCC3C1. The molecule has 0 radical (unpaired) electrons. The van der Waals surface area contributed by atoms with Gasteiger partial charge in [-0.1, -0.05) is 19.3 Å². The van der Waals surface area contributed by atoms with Crippen molar-refractivity contribution in [3.05, 3.63) is 0 Å². The Morgan fingerprint density at radius 1 is 0.533 bits per heavy atom. The lowest BCUT2D eigenvalue weighted by Gasteiger charge is -2.47. The molecule has 0 aromatic heterocycles. The lowest BCUT2D eigenvalue weighted by Crippen LogP contribution is -2.39. The highest BCUT2D eigenvalue weighted by Crippen LogP contribution is 2.76. The normalized spacial score (nSPS) is 57.6. The van der Waals surface area contributed by atoms with Crippen molar-refractivity contribution in [1.82, 2.24) is 0 Å². The molecular weight excluding hydrogens is 180 g/mol. The van der Waals surface area contributed by atoms with Crippen LogP contribution in [0.4, 0.5) is 0 Å². The Bertz CT molecular complexity index is 278. The van der Waals surface area contributed by atoms with Crippen molar-refractivity contribution in [2.75, 3.05) is 0 Å². The molecular formula is C15H24. The zero-order valence-corrected chi connectivity index (χ0v) is 9.93. The van der Waals surface area contributed by atoms with Crippen LogP contribution < -0.4 is 0 Å². The number of hydrogen-bond acceptors (Lipinski definition) is 0. The van der Waals surface area contributed by atoms with E-state index in [0.717, 1.165) is 16.7 Å². The molecule has 0 nitrogen and oxygen atoms in total. The zero-order chi connectivity index (χ0) is 9.93. The monoisotopic (exact) mass is 204 g/mol. The summed E-state index contributed by atoms with van der Waals surface area (Å²) in [5.74, 6) is 2.33. The van der Waals surface area contributed by atoms with Crippen molar-refractivity contribution in [3.63, 3.8) is 0 Å². The molecule has 0 heteroatoms. The third kappa shape index (κ3) is 0.875. The van der Waals surface area contributed by atoms with Gasteiger partial charge in [0.1, 0.15) is 0 Å². The summed E-state index contributed by atoms with van der Waals surface area (Å²) in [7, 11) is 0. The average molecular weight is 204 g/mol. The van der Waals surface area contributed by atoms with Crippen LogP contribution in [-0.4, -0.2) is 0 Å². The minimum absolute atomic E-state index is 0.881. The molecule has 4 fully saturated rings. The van der Waals surface area contributed by atoms with E-state index in [0.29, 0.717) is 0 Å². The molecule has 0 bridgehead atoms. The molecule has 0 saturated heterocycles. The predicted molar refractivity (Wildman–Crippen MR) is 62.6 cm³/mol. The van der Waals surface area contributed by atoms with Crippen LogP contribution in [0.25, 0.3) is 0 Å². The van der Waals surface area contributed by atoms with Crippen molar-refractivity contribution in [2.24, 2.45) is 22.7 Å². The zero-order valence-electron chi connectivity index (χ0n) is 9.93. The van der Waals surface area contributed by atoms with Crippen molar-refractivity contribution >= 4 is 0 Å². The maximum atomic E-state index is 1.63. The highest BCUT2D eigenvalue weighted by molar-refractivity contribution is 5.16. The van der Waals surface area contributed by atoms with E-state index in [-0.39, 0.29) is 0 Å². The number of rotatable bonds is 0. The summed E-state index contributed by atoms with van der Waals surface area (Å²) in [4.78, 5) is 0. The van der Waals surface area contributed by atoms with Crippen LogP contribution in [0.5, 0.6) is 0 Å². The largest absolute Gasteiger partial charge is 0.0530 e. The molecule has 0 aliphatic heterocycles. The van der Waals surface area contributed by atoms with Gasteiger partial charge in [0.15, 0.2) is 0 Å². The topological polar surface area (TPSA) is 0 Å². The van der Waals surface area contributed by atoms with Crippen LogP contribution in [0.3, 0.4) is 0 Å². The molecule has 0 N–H and O–H groups in total. The van der Waals surface area contributed by atoms with Gasteiger partial charge < -0.3 is 0 Å². The molecule has 0 heterocycles. The maximum absolute atomic E-state index is 1.63. The summed E-state index contributed by atoms with van der Waals surface area (Å²) in [6.45, 7) is 0. The van der Waals surface area contributed by atoms with Crippen LogP contribution in [0.2, 0.25) is 0 Å². The quantitative estimate of drug-likeness (QED) is 0.543. The van der Waals surface area contributed by atoms with Gasteiger partial charge >= 0.3 is 0 Å². The predicted octanol–water partition coefficient (Wildman–Crippen LogP) is 4.54. The molecule has 0 aromatic rings. The summed E-state index contributed by atoms with van der Waals surface area (Å²) in [5.41, 5.74) is 1.77. The average Bonchev–Trinajstić information content (AvgIpc) is 2.86. The van der Waals surface area contributed by atoms with Crippen LogP contribution >= 0.6 is 0 Å². The third-order valence-corrected chi connectivity index (χ3v) is 7.03. The molecule has 4 saturated carbocycles. The molecule has 4 aliphatic rings. The van der Waals surface area contributed by atoms with Gasteiger partial charge in [0.2, 0.25) is 0 Å². The van der Waals surface area contributed by atoms with E-state index in [1.807, 2.05) is 0 Å². The van der Waals surface area contributed by atoms with Crippen LogP contribution in [-0.2, 0) is 0 Å². The van der Waals surface area contributed by atoms with Crippen LogP contribution in [0.1, 0.15) is 70.6 Å². The van der Waals surface area contributed by atoms with E-state index >= 15 is 0 Å². The first-order valence-electron chi connectivity index (χ1n) is 7.37. The van der Waals surface area contributed by atoms with E-state index in [2.05, 4.69) is 0 Å². The first-order valence-corrected chi connectivity index (χ1v) is 7.37. The fraction of sp³-hybridized carbons (Fsp3) is 1.00. The Balaban J connectivity index is 1.80. The Morgan fingerprint density at radius 2 is 1.13 bits per heavy atom. The fourth-order valence-corrected chi connectivity index (χ4v) is 6.63. The Labute approximate surface area is 93.8 Å². The van der Waals surface area contributed by atoms with Crippen molar-refractivity contribution in [2.45, 2.75) is 70.6 Å². The van der Waals surface area contributed by atoms with Crippen LogP contribution in [0.15, 0.2) is 0 Å². The highest BCUT2D eigenvalue weighted by atomic mass is 14.7. The molecule has 2 spiro atoms. The van der Waals surface area contributed by atoms with E-state index < -0.39 is 0 Å². The van der Waals surface area contributed by atoms with Gasteiger partial charge in [-0.05, 0) is 74.0 Å². The van der Waals surface area contributed by atoms with Crippen molar-refractivity contribution in [3.8, 4) is 0 Å². The van der Waals surface area contributed by atoms with Gasteiger partial charge in [-0.3, -0.25) is 0 Å². The van der Waals surface area contributed by atoms with E-state index in [1.54, 1.807) is 70.6 Å². The first kappa shape index (κ1) is 9.07. The molecule has 4 unspecified atom stereocenters. The number of hydrogen-bond donors (Lipinski definition) is 0. The molecule has 0 amide bonds. The summed E-state index contributed by atoms with van der Waals surface area (Å²) in [6.07, 6.45) is 17.6. The summed E-state index contributed by atoms with van der Waals surface area (Å²) >= 11 is 0. The molecule has 15 heavy (non-hydrogen) atoms. The Hall–Kier alpha value is 0. The van der Waals surface area contributed by atoms with Crippen molar-refractivity contribution in [1.29, 1.82) is 0 Å². The maximum Gasteiger partial charge on any atom is -0.0210 e. The van der Waals surface area contributed by atoms with Gasteiger partial charge in [0.25, 0.3) is 0 Å². The second-order valence-corrected chi connectivity index (χ2v) is 6.92. The van der Waals surface area contributed by atoms with E-state index in [4.69, 9.17) is 0 Å². The van der Waals surface area contributed by atoms with E-state index in [9.17, 15) is 0 Å². The van der Waals surface area contributed by atoms with Crippen molar-refractivity contribution < 1.29 is 0 Å². The molecule has 4 aliphatic carbocycles. The minimum Gasteiger partial charge on any atom is -0.0530 e. The van der Waals surface area contributed by atoms with Gasteiger partial charge in [-0.15, -0.1) is 0 Å². The molecule has 4 atom stereocenters. The first-order chi connectivity index (χ1) is 7.37. The molecule has 0 aromatic carbocycles. The molecule has 4 rings (SSSR count). The Morgan fingerprint density at radius 3 is 1.87 bits per heavy atom. The van der Waals surface area contributed by atoms with Gasteiger partial charge in [0, 0.05) is 0 Å². The smallest absolute Gasteiger partial charge is 0.0210 e. The second-order valence-electron chi connectivity index (χ2n) is 6.92. The third-order valence-electron chi connectivity index (χ3n) is 7.03. The summed E-state index contributed by atoms with van der Waals surface area (Å²) in [6, 6.07) is 0. The van der Waals surface area contributed by atoms with Gasteiger partial charge in [0.05, 0.1) is 0 Å². The summed E-state index contributed by atoms with van der Waals surface area (Å²) in [5, 5.41) is 0. The molecule has 84 valence electrons. The van der Waals surface area contributed by atoms with Crippen LogP contribution in [0, 0.1) is 22.7 Å². The lowest BCUT2D eigenvalue weighted by atomic mass is 9.57. The van der Waals surface area contributed by atoms with Gasteiger partial charge in [-0.25, -0.2) is 0 Å². The lowest BCUT2D eigenvalue weighted by molar-refractivity contribution is 0.0170. The highest BCUT2D eigenvalue weighted by Gasteiger charge is 2.66.